The van der Waals surface area contributed by atoms with Crippen molar-refractivity contribution in [2.24, 2.45) is 5.73 Å². The standard InChI is InChI=1S/C22H43NO4.Na.H/c1-2-3-4-5-6-7-8-9-10-11-12-13-14-15-16-17-18-27-22(26)20(23)19-21(24)25;;/h20H,2-19,23H2,1H3,(H,24,25);;/t20-;;/m0../s1. The number of aliphatic carboxylic acids is 1. The fourth-order valence-corrected chi connectivity index (χ4v) is 3.20. The Morgan fingerprint density at radius 3 is 1.46 bits per heavy atom. The molecule has 162 valence electrons. The Morgan fingerprint density at radius 1 is 0.750 bits per heavy atom. The van der Waals surface area contributed by atoms with Crippen molar-refractivity contribution in [2.45, 2.75) is 122 Å². The quantitative estimate of drug-likeness (QED) is 0.169. The van der Waals surface area contributed by atoms with Crippen molar-refractivity contribution in [2.75, 3.05) is 6.61 Å². The van der Waals surface area contributed by atoms with E-state index in [0.29, 0.717) is 6.61 Å². The first kappa shape index (κ1) is 30.1. The average Bonchev–Trinajstić information content (AvgIpc) is 2.63. The van der Waals surface area contributed by atoms with Crippen molar-refractivity contribution in [3.8, 4) is 0 Å². The molecular weight excluding hydrogens is 365 g/mol. The molecule has 0 aromatic heterocycles. The van der Waals surface area contributed by atoms with Crippen LogP contribution in [0.1, 0.15) is 116 Å². The van der Waals surface area contributed by atoms with E-state index >= 15 is 0 Å². The molecule has 0 amide bonds. The summed E-state index contributed by atoms with van der Waals surface area (Å²) < 4.78 is 5.00. The molecule has 0 rings (SSSR count). The van der Waals surface area contributed by atoms with Crippen LogP contribution in [0.25, 0.3) is 0 Å². The molecule has 1 atom stereocenters. The van der Waals surface area contributed by atoms with Gasteiger partial charge in [0.05, 0.1) is 13.0 Å². The van der Waals surface area contributed by atoms with E-state index in [1.54, 1.807) is 0 Å². The Balaban J connectivity index is 0. The van der Waals surface area contributed by atoms with Crippen LogP contribution >= 0.6 is 0 Å². The van der Waals surface area contributed by atoms with Gasteiger partial charge >= 0.3 is 41.5 Å². The van der Waals surface area contributed by atoms with Gasteiger partial charge in [-0.05, 0) is 6.42 Å². The maximum atomic E-state index is 11.4. The number of unbranched alkanes of at least 4 members (excludes halogenated alkanes) is 15. The van der Waals surface area contributed by atoms with Crippen LogP contribution in [0.5, 0.6) is 0 Å². The Morgan fingerprint density at radius 2 is 1.11 bits per heavy atom. The fraction of sp³-hybridized carbons (Fsp3) is 0.909. The molecule has 0 unspecified atom stereocenters. The molecule has 0 aliphatic rings. The predicted octanol–water partition coefficient (Wildman–Crippen LogP) is 4.94. The molecule has 0 aliphatic heterocycles. The van der Waals surface area contributed by atoms with E-state index in [1.807, 2.05) is 0 Å². The van der Waals surface area contributed by atoms with Crippen molar-refractivity contribution < 1.29 is 19.4 Å². The SMILES string of the molecule is CCCCCCCCCCCCCCCCCCOC(=O)[C@@H](N)CC(=O)O.[NaH]. The summed E-state index contributed by atoms with van der Waals surface area (Å²) in [6.45, 7) is 2.60. The van der Waals surface area contributed by atoms with E-state index < -0.39 is 18.0 Å². The number of carbonyl (C=O) groups is 2. The number of esters is 1. The zero-order valence-electron chi connectivity index (χ0n) is 17.6. The summed E-state index contributed by atoms with van der Waals surface area (Å²) in [6.07, 6.45) is 20.4. The van der Waals surface area contributed by atoms with Crippen LogP contribution in [0.2, 0.25) is 0 Å². The van der Waals surface area contributed by atoms with Gasteiger partial charge in [0.2, 0.25) is 0 Å². The van der Waals surface area contributed by atoms with E-state index in [2.05, 4.69) is 6.92 Å². The molecule has 0 saturated heterocycles. The molecule has 3 N–H and O–H groups in total. The van der Waals surface area contributed by atoms with Crippen molar-refractivity contribution >= 4 is 41.5 Å². The van der Waals surface area contributed by atoms with Gasteiger partial charge < -0.3 is 15.6 Å². The van der Waals surface area contributed by atoms with E-state index in [9.17, 15) is 9.59 Å². The number of ether oxygens (including phenoxy) is 1. The van der Waals surface area contributed by atoms with Gasteiger partial charge in [-0.1, -0.05) is 103 Å². The van der Waals surface area contributed by atoms with Gasteiger partial charge in [0, 0.05) is 0 Å². The maximum absolute atomic E-state index is 11.4. The van der Waals surface area contributed by atoms with Gasteiger partial charge in [-0.2, -0.15) is 0 Å². The van der Waals surface area contributed by atoms with Gasteiger partial charge in [-0.3, -0.25) is 9.59 Å². The van der Waals surface area contributed by atoms with Crippen molar-refractivity contribution in [3.63, 3.8) is 0 Å². The molecule has 0 heterocycles. The topological polar surface area (TPSA) is 89.6 Å². The summed E-state index contributed by atoms with van der Waals surface area (Å²) >= 11 is 0. The van der Waals surface area contributed by atoms with Gasteiger partial charge in [-0.25, -0.2) is 0 Å². The monoisotopic (exact) mass is 409 g/mol. The van der Waals surface area contributed by atoms with Crippen LogP contribution in [0.3, 0.4) is 0 Å². The third kappa shape index (κ3) is 22.2. The number of hydrogen-bond donors (Lipinski definition) is 2. The molecule has 0 aromatic carbocycles. The van der Waals surface area contributed by atoms with Gasteiger partial charge in [0.1, 0.15) is 6.04 Å². The average molecular weight is 410 g/mol. The molecule has 0 fully saturated rings. The molecular formula is C22H44NNaO4. The number of carboxylic acid groups (broad SMARTS) is 1. The van der Waals surface area contributed by atoms with Crippen molar-refractivity contribution in [1.82, 2.24) is 0 Å². The predicted molar refractivity (Wildman–Crippen MR) is 118 cm³/mol. The molecule has 5 nitrogen and oxygen atoms in total. The number of carboxylic acids is 1. The Bertz CT molecular complexity index is 366. The Labute approximate surface area is 194 Å². The number of hydrogen-bond acceptors (Lipinski definition) is 4. The Hall–Kier alpha value is -0.100. The van der Waals surface area contributed by atoms with Gasteiger partial charge in [0.25, 0.3) is 0 Å². The third-order valence-electron chi connectivity index (χ3n) is 4.94. The van der Waals surface area contributed by atoms with Crippen LogP contribution in [-0.2, 0) is 14.3 Å². The van der Waals surface area contributed by atoms with Crippen molar-refractivity contribution in [3.05, 3.63) is 0 Å². The molecule has 0 saturated carbocycles. The summed E-state index contributed by atoms with van der Waals surface area (Å²) in [6, 6.07) is -1.05. The summed E-state index contributed by atoms with van der Waals surface area (Å²) in [7, 11) is 0. The molecule has 0 radical (unpaired) electrons. The van der Waals surface area contributed by atoms with Crippen LogP contribution in [0.4, 0.5) is 0 Å². The number of rotatable bonds is 20. The second-order valence-corrected chi connectivity index (χ2v) is 7.68. The Kier molecular flexibility index (Phi) is 24.9. The molecule has 0 aliphatic carbocycles. The first-order valence-electron chi connectivity index (χ1n) is 11.2. The van der Waals surface area contributed by atoms with Gasteiger partial charge in [0.15, 0.2) is 0 Å². The van der Waals surface area contributed by atoms with Crippen LogP contribution in [0.15, 0.2) is 0 Å². The first-order chi connectivity index (χ1) is 13.1. The molecule has 0 bridgehead atoms. The molecule has 0 spiro atoms. The van der Waals surface area contributed by atoms with E-state index in [1.165, 1.54) is 83.5 Å². The summed E-state index contributed by atoms with van der Waals surface area (Å²) in [4.78, 5) is 21.9. The van der Waals surface area contributed by atoms with E-state index in [0.717, 1.165) is 19.3 Å². The zero-order valence-corrected chi connectivity index (χ0v) is 17.6. The summed E-state index contributed by atoms with van der Waals surface area (Å²) in [5, 5.41) is 8.57. The second kappa shape index (κ2) is 23.2. The summed E-state index contributed by atoms with van der Waals surface area (Å²) in [5.41, 5.74) is 5.43. The minimum absolute atomic E-state index is 0. The van der Waals surface area contributed by atoms with E-state index in [-0.39, 0.29) is 36.0 Å². The second-order valence-electron chi connectivity index (χ2n) is 7.68. The fourth-order valence-electron chi connectivity index (χ4n) is 3.20. The zero-order chi connectivity index (χ0) is 20.2. The van der Waals surface area contributed by atoms with Crippen LogP contribution in [-0.4, -0.2) is 59.3 Å². The first-order valence-corrected chi connectivity index (χ1v) is 11.2. The van der Waals surface area contributed by atoms with Crippen molar-refractivity contribution in [1.29, 1.82) is 0 Å². The molecule has 0 aromatic rings. The minimum atomic E-state index is -1.08. The summed E-state index contributed by atoms with van der Waals surface area (Å²) in [5.74, 6) is -1.69. The van der Waals surface area contributed by atoms with Crippen LogP contribution in [0, 0.1) is 0 Å². The van der Waals surface area contributed by atoms with Gasteiger partial charge in [-0.15, -0.1) is 0 Å². The molecule has 28 heavy (non-hydrogen) atoms. The van der Waals surface area contributed by atoms with Crippen LogP contribution < -0.4 is 5.73 Å². The number of nitrogens with two attached hydrogens (primary N) is 1. The molecule has 6 heteroatoms. The van der Waals surface area contributed by atoms with E-state index in [4.69, 9.17) is 15.6 Å². The number of carbonyl (C=O) groups excluding carboxylic acids is 1. The third-order valence-corrected chi connectivity index (χ3v) is 4.94. The normalized spacial score (nSPS) is 11.6.